The van der Waals surface area contributed by atoms with E-state index < -0.39 is 30.3 Å². The van der Waals surface area contributed by atoms with Crippen LogP contribution in [0.5, 0.6) is 11.5 Å². The second kappa shape index (κ2) is 12.3. The zero-order valence-corrected chi connectivity index (χ0v) is 20.9. The van der Waals surface area contributed by atoms with Gasteiger partial charge in [0.15, 0.2) is 17.3 Å². The molecule has 1 atom stereocenters. The molecule has 0 saturated heterocycles. The number of hydrogen-bond donors (Lipinski definition) is 2. The molecule has 0 unspecified atom stereocenters. The number of benzene rings is 2. The lowest BCUT2D eigenvalue weighted by molar-refractivity contribution is -0.126. The maximum atomic E-state index is 13.7. The lowest BCUT2D eigenvalue weighted by Crippen LogP contribution is -2.47. The highest BCUT2D eigenvalue weighted by molar-refractivity contribution is 6.04. The van der Waals surface area contributed by atoms with Crippen LogP contribution >= 0.6 is 0 Å². The van der Waals surface area contributed by atoms with E-state index in [9.17, 15) is 14.4 Å². The van der Waals surface area contributed by atoms with Gasteiger partial charge in [-0.15, -0.1) is 0 Å². The lowest BCUT2D eigenvalue weighted by atomic mass is 10.0. The molecule has 0 fully saturated rings. The molecular formula is C28H27N3O7. The van der Waals surface area contributed by atoms with Crippen molar-refractivity contribution in [3.63, 3.8) is 0 Å². The highest BCUT2D eigenvalue weighted by atomic mass is 16.5. The Bertz CT molecular complexity index is 1350. The summed E-state index contributed by atoms with van der Waals surface area (Å²) in [5.41, 5.74) is 0.923. The number of carbonyl (C=O) groups is 3. The zero-order valence-electron chi connectivity index (χ0n) is 20.9. The molecule has 2 N–H and O–H groups in total. The zero-order chi connectivity index (χ0) is 26.9. The van der Waals surface area contributed by atoms with Crippen LogP contribution in [0.25, 0.3) is 0 Å². The summed E-state index contributed by atoms with van der Waals surface area (Å²) in [4.78, 5) is 41.2. The first-order valence-electron chi connectivity index (χ1n) is 11.7. The van der Waals surface area contributed by atoms with Gasteiger partial charge in [0.2, 0.25) is 11.8 Å². The third-order valence-electron chi connectivity index (χ3n) is 5.70. The summed E-state index contributed by atoms with van der Waals surface area (Å²) in [5.74, 6) is -0.119. The molecule has 0 aliphatic heterocycles. The van der Waals surface area contributed by atoms with Crippen LogP contribution in [0.2, 0.25) is 0 Å². The summed E-state index contributed by atoms with van der Waals surface area (Å²) in [7, 11) is 2.97. The number of anilines is 1. The van der Waals surface area contributed by atoms with E-state index >= 15 is 0 Å². The van der Waals surface area contributed by atoms with Crippen molar-refractivity contribution in [2.75, 3.05) is 25.7 Å². The van der Waals surface area contributed by atoms with E-state index in [0.717, 1.165) is 0 Å². The number of nitrogens with zero attached hydrogens (tertiary/aromatic N) is 1. The third kappa shape index (κ3) is 6.04. The number of rotatable bonds is 11. The van der Waals surface area contributed by atoms with Gasteiger partial charge in [-0.1, -0.05) is 30.3 Å². The number of ether oxygens (including phenoxy) is 2. The monoisotopic (exact) mass is 517 g/mol. The van der Waals surface area contributed by atoms with E-state index in [0.29, 0.717) is 28.5 Å². The maximum absolute atomic E-state index is 13.7. The molecule has 2 aromatic heterocycles. The van der Waals surface area contributed by atoms with Crippen LogP contribution in [0.1, 0.15) is 27.9 Å². The number of hydrogen-bond acceptors (Lipinski definition) is 7. The molecule has 10 nitrogen and oxygen atoms in total. The minimum atomic E-state index is -1.09. The van der Waals surface area contributed by atoms with Crippen molar-refractivity contribution in [1.29, 1.82) is 0 Å². The highest BCUT2D eigenvalue weighted by Crippen LogP contribution is 2.35. The summed E-state index contributed by atoms with van der Waals surface area (Å²) in [6.45, 7) is -0.277. The van der Waals surface area contributed by atoms with E-state index in [1.165, 1.54) is 37.7 Å². The molecule has 0 aliphatic rings. The maximum Gasteiger partial charge on any atom is 0.287 e. The molecule has 0 aliphatic carbocycles. The van der Waals surface area contributed by atoms with Gasteiger partial charge in [0.25, 0.3) is 5.91 Å². The largest absolute Gasteiger partial charge is 0.493 e. The van der Waals surface area contributed by atoms with Gasteiger partial charge in [-0.2, -0.15) is 0 Å². The SMILES string of the molecule is COc1ccc(N(C(=O)CNC(=O)c2ccco2)[C@@H](C(=O)NCc2ccco2)c2ccccc2)cc1OC. The molecule has 38 heavy (non-hydrogen) atoms. The minimum Gasteiger partial charge on any atom is -0.493 e. The first-order chi connectivity index (χ1) is 18.5. The molecule has 2 aromatic carbocycles. The van der Waals surface area contributed by atoms with Crippen molar-refractivity contribution in [3.05, 3.63) is 102 Å². The Kier molecular flexibility index (Phi) is 8.45. The van der Waals surface area contributed by atoms with Crippen LogP contribution in [0.15, 0.2) is 94.2 Å². The number of furan rings is 2. The van der Waals surface area contributed by atoms with E-state index in [-0.39, 0.29) is 12.3 Å². The topological polar surface area (TPSA) is 123 Å². The molecule has 0 spiro atoms. The van der Waals surface area contributed by atoms with Crippen molar-refractivity contribution in [2.45, 2.75) is 12.6 Å². The molecule has 196 valence electrons. The fraction of sp³-hybridized carbons (Fsp3) is 0.179. The Hall–Kier alpha value is -4.99. The van der Waals surface area contributed by atoms with Gasteiger partial charge in [-0.05, 0) is 42.0 Å². The molecule has 3 amide bonds. The Morgan fingerprint density at radius 2 is 1.58 bits per heavy atom. The van der Waals surface area contributed by atoms with E-state index in [1.54, 1.807) is 60.7 Å². The van der Waals surface area contributed by atoms with Crippen LogP contribution in [0.3, 0.4) is 0 Å². The van der Waals surface area contributed by atoms with Gasteiger partial charge in [0, 0.05) is 11.8 Å². The average molecular weight is 518 g/mol. The summed E-state index contributed by atoms with van der Waals surface area (Å²) in [5, 5.41) is 5.40. The molecule has 4 aromatic rings. The molecule has 10 heteroatoms. The summed E-state index contributed by atoms with van der Waals surface area (Å²) >= 11 is 0. The fourth-order valence-electron chi connectivity index (χ4n) is 3.88. The van der Waals surface area contributed by atoms with Crippen LogP contribution < -0.4 is 25.0 Å². The number of carbonyl (C=O) groups excluding carboxylic acids is 3. The van der Waals surface area contributed by atoms with Gasteiger partial charge in [-0.25, -0.2) is 0 Å². The predicted molar refractivity (Wildman–Crippen MR) is 138 cm³/mol. The molecular weight excluding hydrogens is 490 g/mol. The predicted octanol–water partition coefficient (Wildman–Crippen LogP) is 3.71. The lowest BCUT2D eigenvalue weighted by Gasteiger charge is -2.32. The molecule has 0 bridgehead atoms. The summed E-state index contributed by atoms with van der Waals surface area (Å²) in [6.07, 6.45) is 2.87. The molecule has 4 rings (SSSR count). The van der Waals surface area contributed by atoms with Gasteiger partial charge in [-0.3, -0.25) is 19.3 Å². The fourth-order valence-corrected chi connectivity index (χ4v) is 3.88. The van der Waals surface area contributed by atoms with Crippen molar-refractivity contribution < 1.29 is 32.7 Å². The minimum absolute atomic E-state index is 0.0614. The Morgan fingerprint density at radius 3 is 2.24 bits per heavy atom. The number of methoxy groups -OCH3 is 2. The molecule has 0 radical (unpaired) electrons. The first kappa shape index (κ1) is 26.1. The Labute approximate surface area is 219 Å². The second-order valence-electron chi connectivity index (χ2n) is 8.07. The van der Waals surface area contributed by atoms with E-state index in [4.69, 9.17) is 18.3 Å². The number of nitrogens with one attached hydrogen (secondary N) is 2. The summed E-state index contributed by atoms with van der Waals surface area (Å²) < 4.78 is 21.2. The van der Waals surface area contributed by atoms with Crippen LogP contribution in [-0.4, -0.2) is 38.5 Å². The quantitative estimate of drug-likeness (QED) is 0.311. The van der Waals surface area contributed by atoms with E-state index in [2.05, 4.69) is 10.6 Å². The van der Waals surface area contributed by atoms with Gasteiger partial charge in [0.05, 0.1) is 39.8 Å². The normalized spacial score (nSPS) is 11.3. The molecule has 0 saturated carbocycles. The smallest absolute Gasteiger partial charge is 0.287 e. The van der Waals surface area contributed by atoms with Gasteiger partial charge in [0.1, 0.15) is 11.8 Å². The van der Waals surface area contributed by atoms with Crippen LogP contribution in [0.4, 0.5) is 5.69 Å². The third-order valence-corrected chi connectivity index (χ3v) is 5.70. The van der Waals surface area contributed by atoms with Gasteiger partial charge < -0.3 is 28.9 Å². The van der Waals surface area contributed by atoms with Crippen molar-refractivity contribution >= 4 is 23.4 Å². The average Bonchev–Trinajstić information content (AvgIpc) is 3.68. The van der Waals surface area contributed by atoms with Crippen LogP contribution in [-0.2, 0) is 16.1 Å². The highest BCUT2D eigenvalue weighted by Gasteiger charge is 2.33. The summed E-state index contributed by atoms with van der Waals surface area (Å²) in [6, 6.07) is 19.2. The Morgan fingerprint density at radius 1 is 0.842 bits per heavy atom. The molecule has 2 heterocycles. The standard InChI is InChI=1S/C28H27N3O7/c1-35-22-13-12-20(16-24(22)36-2)31(25(32)18-30-27(33)23-11-7-15-38-23)26(19-8-4-3-5-9-19)28(34)29-17-21-10-6-14-37-21/h3-16,26H,17-18H2,1-2H3,(H,29,34)(H,30,33)/t26-/m1/s1. The second-order valence-corrected chi connectivity index (χ2v) is 8.07. The van der Waals surface area contributed by atoms with Crippen molar-refractivity contribution in [3.8, 4) is 11.5 Å². The van der Waals surface area contributed by atoms with Crippen LogP contribution in [0, 0.1) is 0 Å². The Balaban J connectivity index is 1.71. The van der Waals surface area contributed by atoms with Gasteiger partial charge >= 0.3 is 0 Å². The van der Waals surface area contributed by atoms with Crippen molar-refractivity contribution in [2.24, 2.45) is 0 Å². The number of amides is 3. The van der Waals surface area contributed by atoms with Crippen molar-refractivity contribution in [1.82, 2.24) is 10.6 Å². The first-order valence-corrected chi connectivity index (χ1v) is 11.7. The van der Waals surface area contributed by atoms with E-state index in [1.807, 2.05) is 6.07 Å².